The predicted molar refractivity (Wildman–Crippen MR) is 101 cm³/mol. The number of hydrogen-bond donors (Lipinski definition) is 1. The average molecular weight is 357 g/mol. The number of rotatable bonds is 6. The maximum atomic E-state index is 12.7. The van der Waals surface area contributed by atoms with Crippen molar-refractivity contribution in [2.45, 2.75) is 25.9 Å². The first-order chi connectivity index (χ1) is 12.5. The van der Waals surface area contributed by atoms with Gasteiger partial charge < -0.3 is 19.5 Å². The monoisotopic (exact) mass is 357 g/mol. The zero-order valence-electron chi connectivity index (χ0n) is 15.5. The van der Waals surface area contributed by atoms with Crippen LogP contribution in [0.4, 0.5) is 0 Å². The molecular weight excluding hydrogens is 330 g/mol. The number of fused-ring (bicyclic) bond motifs is 1. The molecule has 26 heavy (non-hydrogen) atoms. The number of hydrogen-bond acceptors (Lipinski definition) is 4. The van der Waals surface area contributed by atoms with E-state index in [4.69, 9.17) is 9.47 Å². The maximum Gasteiger partial charge on any atom is 0.263 e. The zero-order chi connectivity index (χ0) is 18.6. The lowest BCUT2D eigenvalue weighted by Gasteiger charge is -2.39. The van der Waals surface area contributed by atoms with E-state index in [1.165, 1.54) is 0 Å². The summed E-state index contributed by atoms with van der Waals surface area (Å²) in [4.78, 5) is 14.4. The number of carbonyl (C=O) groups is 1. The molecule has 140 valence electrons. The first-order valence-corrected chi connectivity index (χ1v) is 9.12. The minimum absolute atomic E-state index is 0.0634. The van der Waals surface area contributed by atoms with E-state index in [0.29, 0.717) is 25.5 Å². The van der Waals surface area contributed by atoms with Crippen molar-refractivity contribution in [2.75, 3.05) is 33.4 Å². The van der Waals surface area contributed by atoms with E-state index in [2.05, 4.69) is 0 Å². The predicted octanol–water partition coefficient (Wildman–Crippen LogP) is 2.85. The Bertz CT molecular complexity index is 755. The van der Waals surface area contributed by atoms with E-state index < -0.39 is 6.10 Å². The Hall–Kier alpha value is -2.11. The minimum atomic E-state index is -0.586. The Labute approximate surface area is 154 Å². The van der Waals surface area contributed by atoms with Crippen molar-refractivity contribution in [1.29, 1.82) is 0 Å². The number of nitrogens with zero attached hydrogens (tertiary/aromatic N) is 1. The van der Waals surface area contributed by atoms with Crippen molar-refractivity contribution in [3.8, 4) is 5.75 Å². The first-order valence-electron chi connectivity index (χ1n) is 9.12. The maximum absolute atomic E-state index is 12.7. The fraction of sp³-hybridized carbons (Fsp3) is 0.476. The van der Waals surface area contributed by atoms with Gasteiger partial charge in [-0.2, -0.15) is 0 Å². The normalized spacial score (nSPS) is 17.7. The number of likely N-dealkylation sites (N-methyl/N-ethyl adjacent to an activating group) is 1. The molecule has 1 aliphatic rings. The van der Waals surface area contributed by atoms with Gasteiger partial charge in [0.15, 0.2) is 6.10 Å². The van der Waals surface area contributed by atoms with Crippen LogP contribution in [0, 0.1) is 5.41 Å². The van der Waals surface area contributed by atoms with Crippen molar-refractivity contribution in [2.24, 2.45) is 5.41 Å². The van der Waals surface area contributed by atoms with Crippen molar-refractivity contribution in [1.82, 2.24) is 4.90 Å². The van der Waals surface area contributed by atoms with Crippen molar-refractivity contribution >= 4 is 16.7 Å². The summed E-state index contributed by atoms with van der Waals surface area (Å²) in [5.74, 6) is 0.596. The van der Waals surface area contributed by atoms with Gasteiger partial charge in [0.1, 0.15) is 5.75 Å². The van der Waals surface area contributed by atoms with E-state index in [-0.39, 0.29) is 17.9 Å². The lowest BCUT2D eigenvalue weighted by atomic mass is 9.80. The highest BCUT2D eigenvalue weighted by Gasteiger charge is 2.35. The number of aliphatic hydroxyl groups is 1. The van der Waals surface area contributed by atoms with Gasteiger partial charge in [0.2, 0.25) is 0 Å². The number of carbonyl (C=O) groups excluding carboxylic acids is 1. The number of benzene rings is 2. The van der Waals surface area contributed by atoms with Crippen LogP contribution >= 0.6 is 0 Å². The van der Waals surface area contributed by atoms with Gasteiger partial charge in [-0.3, -0.25) is 4.79 Å². The van der Waals surface area contributed by atoms with Gasteiger partial charge in [0.25, 0.3) is 5.91 Å². The summed E-state index contributed by atoms with van der Waals surface area (Å²) < 4.78 is 11.3. The molecule has 2 aromatic carbocycles. The highest BCUT2D eigenvalue weighted by molar-refractivity contribution is 5.84. The third-order valence-corrected chi connectivity index (χ3v) is 5.22. The molecule has 1 saturated heterocycles. The highest BCUT2D eigenvalue weighted by atomic mass is 16.5. The van der Waals surface area contributed by atoms with Crippen LogP contribution in [-0.4, -0.2) is 55.4 Å². The van der Waals surface area contributed by atoms with Crippen LogP contribution in [0.1, 0.15) is 19.8 Å². The second-order valence-electron chi connectivity index (χ2n) is 7.23. The molecule has 0 bridgehead atoms. The molecule has 1 heterocycles. The Morgan fingerprint density at radius 2 is 1.92 bits per heavy atom. The van der Waals surface area contributed by atoms with Gasteiger partial charge in [-0.1, -0.05) is 30.3 Å². The van der Waals surface area contributed by atoms with Crippen LogP contribution in [0.3, 0.4) is 0 Å². The fourth-order valence-corrected chi connectivity index (χ4v) is 3.56. The summed E-state index contributed by atoms with van der Waals surface area (Å²) >= 11 is 0. The van der Waals surface area contributed by atoms with Crippen LogP contribution in [0.15, 0.2) is 42.5 Å². The third kappa shape index (κ3) is 4.17. The van der Waals surface area contributed by atoms with Gasteiger partial charge in [0, 0.05) is 32.2 Å². The minimum Gasteiger partial charge on any atom is -0.481 e. The van der Waals surface area contributed by atoms with Gasteiger partial charge >= 0.3 is 0 Å². The fourth-order valence-electron chi connectivity index (χ4n) is 3.56. The van der Waals surface area contributed by atoms with Crippen LogP contribution in [0.2, 0.25) is 0 Å². The quantitative estimate of drug-likeness (QED) is 0.864. The van der Waals surface area contributed by atoms with Crippen LogP contribution in [-0.2, 0) is 9.53 Å². The topological polar surface area (TPSA) is 59.0 Å². The molecule has 0 aromatic heterocycles. The van der Waals surface area contributed by atoms with E-state index in [9.17, 15) is 9.90 Å². The van der Waals surface area contributed by atoms with Crippen LogP contribution in [0.25, 0.3) is 10.8 Å². The molecule has 1 aliphatic heterocycles. The van der Waals surface area contributed by atoms with E-state index in [0.717, 1.165) is 23.6 Å². The molecule has 1 N–H and O–H groups in total. The van der Waals surface area contributed by atoms with Gasteiger partial charge in [0.05, 0.1) is 6.61 Å². The van der Waals surface area contributed by atoms with E-state index >= 15 is 0 Å². The smallest absolute Gasteiger partial charge is 0.263 e. The summed E-state index contributed by atoms with van der Waals surface area (Å²) in [5, 5.41) is 12.0. The molecule has 0 unspecified atom stereocenters. The number of ether oxygens (including phenoxy) is 2. The van der Waals surface area contributed by atoms with Crippen molar-refractivity contribution < 1.29 is 19.4 Å². The Morgan fingerprint density at radius 1 is 1.23 bits per heavy atom. The van der Waals surface area contributed by atoms with Gasteiger partial charge in [-0.05, 0) is 42.7 Å². The summed E-state index contributed by atoms with van der Waals surface area (Å²) in [6.07, 6.45) is 0.943. The van der Waals surface area contributed by atoms with Gasteiger partial charge in [-0.25, -0.2) is 0 Å². The Morgan fingerprint density at radius 3 is 2.62 bits per heavy atom. The molecule has 5 heteroatoms. The second-order valence-corrected chi connectivity index (χ2v) is 7.23. The molecule has 1 atom stereocenters. The molecule has 1 fully saturated rings. The average Bonchev–Trinajstić information content (AvgIpc) is 2.68. The molecular formula is C21H27NO4. The SMILES string of the molecule is C[C@H](Oc1ccc2ccccc2c1)C(=O)N(C)CC1(CO)CCOCC1. The molecule has 0 aliphatic carbocycles. The summed E-state index contributed by atoms with van der Waals surface area (Å²) in [6.45, 7) is 3.60. The number of amides is 1. The number of aliphatic hydroxyl groups excluding tert-OH is 1. The van der Waals surface area contributed by atoms with Gasteiger partial charge in [-0.15, -0.1) is 0 Å². The summed E-state index contributed by atoms with van der Waals surface area (Å²) in [5.41, 5.74) is -0.272. The Balaban J connectivity index is 1.64. The molecule has 0 spiro atoms. The lowest BCUT2D eigenvalue weighted by Crippen LogP contribution is -2.47. The van der Waals surface area contributed by atoms with Crippen molar-refractivity contribution in [3.05, 3.63) is 42.5 Å². The molecule has 5 nitrogen and oxygen atoms in total. The van der Waals surface area contributed by atoms with Crippen LogP contribution < -0.4 is 4.74 Å². The largest absolute Gasteiger partial charge is 0.481 e. The van der Waals surface area contributed by atoms with Crippen LogP contribution in [0.5, 0.6) is 5.75 Å². The Kier molecular flexibility index (Phi) is 5.79. The summed E-state index contributed by atoms with van der Waals surface area (Å²) in [7, 11) is 1.77. The third-order valence-electron chi connectivity index (χ3n) is 5.22. The standard InChI is InChI=1S/C21H27NO4/c1-16(26-19-8-7-17-5-3-4-6-18(17)13-19)20(24)22(2)14-21(15-23)9-11-25-12-10-21/h3-8,13,16,23H,9-12,14-15H2,1-2H3/t16-/m0/s1. The molecule has 3 rings (SSSR count). The molecule has 0 saturated carbocycles. The highest BCUT2D eigenvalue weighted by Crippen LogP contribution is 2.31. The van der Waals surface area contributed by atoms with Crippen molar-refractivity contribution in [3.63, 3.8) is 0 Å². The second kappa shape index (κ2) is 8.06. The lowest BCUT2D eigenvalue weighted by molar-refractivity contribution is -0.140. The molecule has 0 radical (unpaired) electrons. The first kappa shape index (κ1) is 18.7. The molecule has 2 aromatic rings. The zero-order valence-corrected chi connectivity index (χ0v) is 15.5. The van der Waals surface area contributed by atoms with E-state index in [1.807, 2.05) is 42.5 Å². The molecule has 1 amide bonds. The van der Waals surface area contributed by atoms with E-state index in [1.54, 1.807) is 18.9 Å². The summed E-state index contributed by atoms with van der Waals surface area (Å²) in [6, 6.07) is 13.9.